The van der Waals surface area contributed by atoms with Crippen LogP contribution in [0.5, 0.6) is 5.75 Å². The van der Waals surface area contributed by atoms with Gasteiger partial charge in [0.15, 0.2) is 5.75 Å². The van der Waals surface area contributed by atoms with Crippen LogP contribution in [0.15, 0.2) is 72.3 Å². The van der Waals surface area contributed by atoms with Gasteiger partial charge in [-0.25, -0.2) is 0 Å². The predicted molar refractivity (Wildman–Crippen MR) is 123 cm³/mol. The highest BCUT2D eigenvalue weighted by molar-refractivity contribution is 6.37. The highest BCUT2D eigenvalue weighted by Gasteiger charge is 2.13. The van der Waals surface area contributed by atoms with E-state index in [1.54, 1.807) is 36.4 Å². The summed E-state index contributed by atoms with van der Waals surface area (Å²) in [6, 6.07) is 19.5. The van der Waals surface area contributed by atoms with E-state index in [-0.39, 0.29) is 33.7 Å². The van der Waals surface area contributed by atoms with E-state index >= 15 is 0 Å². The number of nitriles is 1. The number of carbonyl (C=O) groups is 1. The maximum absolute atomic E-state index is 12.4. The number of halogens is 2. The molecule has 9 heteroatoms. The first-order valence-electron chi connectivity index (χ1n) is 9.20. The minimum absolute atomic E-state index is 0.0226. The lowest BCUT2D eigenvalue weighted by molar-refractivity contribution is -0.384. The molecule has 0 unspecified atom stereocenters. The predicted octanol–water partition coefficient (Wildman–Crippen LogP) is 6.03. The second kappa shape index (κ2) is 10.4. The van der Waals surface area contributed by atoms with Crippen LogP contribution in [0.4, 0.5) is 11.4 Å². The van der Waals surface area contributed by atoms with Crippen molar-refractivity contribution in [3.8, 4) is 11.8 Å². The Balaban J connectivity index is 1.74. The van der Waals surface area contributed by atoms with Gasteiger partial charge < -0.3 is 10.1 Å². The zero-order valence-electron chi connectivity index (χ0n) is 16.4. The lowest BCUT2D eigenvalue weighted by Crippen LogP contribution is -2.13. The van der Waals surface area contributed by atoms with Crippen LogP contribution in [0.2, 0.25) is 10.0 Å². The monoisotopic (exact) mass is 467 g/mol. The first-order chi connectivity index (χ1) is 15.4. The molecule has 7 nitrogen and oxygen atoms in total. The zero-order chi connectivity index (χ0) is 23.1. The van der Waals surface area contributed by atoms with Crippen molar-refractivity contribution in [2.24, 2.45) is 0 Å². The molecule has 0 radical (unpaired) electrons. The first kappa shape index (κ1) is 22.8. The van der Waals surface area contributed by atoms with Gasteiger partial charge in [0, 0.05) is 17.8 Å². The molecule has 1 N–H and O–H groups in total. The number of benzene rings is 3. The van der Waals surface area contributed by atoms with Crippen molar-refractivity contribution < 1.29 is 14.5 Å². The standard InChI is InChI=1S/C23H15Cl2N3O4/c24-20-11-16(10-17(13-26)23(29)27-18-4-2-1-3-5-18)12-21(25)22(20)32-14-15-6-8-19(9-7-15)28(30)31/h1-12H,14H2,(H,27,29)/b17-10-. The topological polar surface area (TPSA) is 105 Å². The number of amides is 1. The van der Waals surface area contributed by atoms with E-state index in [1.165, 1.54) is 30.3 Å². The molecule has 0 aromatic heterocycles. The van der Waals surface area contributed by atoms with Crippen molar-refractivity contribution >= 4 is 46.6 Å². The van der Waals surface area contributed by atoms with Crippen molar-refractivity contribution in [3.63, 3.8) is 0 Å². The van der Waals surface area contributed by atoms with Crippen molar-refractivity contribution in [2.45, 2.75) is 6.61 Å². The molecule has 0 aliphatic heterocycles. The molecule has 0 saturated carbocycles. The summed E-state index contributed by atoms with van der Waals surface area (Å²) in [6.07, 6.45) is 1.37. The summed E-state index contributed by atoms with van der Waals surface area (Å²) in [5.41, 5.74) is 1.55. The second-order valence-electron chi connectivity index (χ2n) is 6.52. The molecular formula is C23H15Cl2N3O4. The molecule has 0 aliphatic rings. The number of para-hydroxylation sites is 1. The third-order valence-corrected chi connectivity index (χ3v) is 4.82. The van der Waals surface area contributed by atoms with Gasteiger partial charge >= 0.3 is 0 Å². The van der Waals surface area contributed by atoms with Crippen LogP contribution in [-0.4, -0.2) is 10.8 Å². The van der Waals surface area contributed by atoms with Crippen molar-refractivity contribution in [2.75, 3.05) is 5.32 Å². The number of nitro benzene ring substituents is 1. The Hall–Kier alpha value is -3.86. The molecule has 32 heavy (non-hydrogen) atoms. The van der Waals surface area contributed by atoms with Gasteiger partial charge in [-0.05, 0) is 53.6 Å². The maximum atomic E-state index is 12.4. The summed E-state index contributed by atoms with van der Waals surface area (Å²) in [4.78, 5) is 22.6. The van der Waals surface area contributed by atoms with E-state index in [0.29, 0.717) is 16.8 Å². The summed E-state index contributed by atoms with van der Waals surface area (Å²) in [6.45, 7) is 0.0928. The summed E-state index contributed by atoms with van der Waals surface area (Å²) < 4.78 is 5.67. The molecular weight excluding hydrogens is 453 g/mol. The fourth-order valence-corrected chi connectivity index (χ4v) is 3.32. The van der Waals surface area contributed by atoms with Gasteiger partial charge in [0.2, 0.25) is 0 Å². The smallest absolute Gasteiger partial charge is 0.269 e. The number of rotatable bonds is 7. The molecule has 3 aromatic carbocycles. The zero-order valence-corrected chi connectivity index (χ0v) is 17.9. The Morgan fingerprint density at radius 3 is 2.28 bits per heavy atom. The molecule has 0 heterocycles. The number of nitrogens with zero attached hydrogens (tertiary/aromatic N) is 2. The second-order valence-corrected chi connectivity index (χ2v) is 7.33. The van der Waals surface area contributed by atoms with Gasteiger partial charge in [-0.3, -0.25) is 14.9 Å². The van der Waals surface area contributed by atoms with Crippen LogP contribution in [0, 0.1) is 21.4 Å². The molecule has 0 aliphatic carbocycles. The number of non-ortho nitro benzene ring substituents is 1. The van der Waals surface area contributed by atoms with E-state index in [0.717, 1.165) is 0 Å². The quantitative estimate of drug-likeness (QED) is 0.197. The minimum Gasteiger partial charge on any atom is -0.486 e. The molecule has 1 amide bonds. The number of hydrogen-bond acceptors (Lipinski definition) is 5. The van der Waals surface area contributed by atoms with Gasteiger partial charge in [-0.1, -0.05) is 41.4 Å². The third-order valence-electron chi connectivity index (χ3n) is 4.26. The Labute approximate surface area is 193 Å². The normalized spacial score (nSPS) is 10.8. The van der Waals surface area contributed by atoms with Gasteiger partial charge in [0.25, 0.3) is 11.6 Å². The van der Waals surface area contributed by atoms with Crippen LogP contribution in [-0.2, 0) is 11.4 Å². The van der Waals surface area contributed by atoms with Gasteiger partial charge in [-0.15, -0.1) is 0 Å². The van der Waals surface area contributed by atoms with Crippen molar-refractivity contribution in [1.29, 1.82) is 5.26 Å². The highest BCUT2D eigenvalue weighted by Crippen LogP contribution is 2.35. The molecule has 160 valence electrons. The number of anilines is 1. The number of hydrogen-bond donors (Lipinski definition) is 1. The first-order valence-corrected chi connectivity index (χ1v) is 9.96. The molecule has 0 fully saturated rings. The van der Waals surface area contributed by atoms with E-state index in [1.807, 2.05) is 12.1 Å². The number of carbonyl (C=O) groups excluding carboxylic acids is 1. The molecule has 3 aromatic rings. The lowest BCUT2D eigenvalue weighted by atomic mass is 10.1. The van der Waals surface area contributed by atoms with Crippen LogP contribution in [0.25, 0.3) is 6.08 Å². The maximum Gasteiger partial charge on any atom is 0.269 e. The average Bonchev–Trinajstić information content (AvgIpc) is 2.77. The fourth-order valence-electron chi connectivity index (χ4n) is 2.71. The van der Waals surface area contributed by atoms with E-state index < -0.39 is 10.8 Å². The van der Waals surface area contributed by atoms with Crippen molar-refractivity contribution in [3.05, 3.63) is 104 Å². The molecule has 0 saturated heterocycles. The largest absolute Gasteiger partial charge is 0.486 e. The Kier molecular flexibility index (Phi) is 7.45. The lowest BCUT2D eigenvalue weighted by Gasteiger charge is -2.11. The average molecular weight is 468 g/mol. The van der Waals surface area contributed by atoms with Crippen LogP contribution >= 0.6 is 23.2 Å². The molecule has 0 atom stereocenters. The van der Waals surface area contributed by atoms with Gasteiger partial charge in [0.1, 0.15) is 18.2 Å². The van der Waals surface area contributed by atoms with E-state index in [4.69, 9.17) is 27.9 Å². The van der Waals surface area contributed by atoms with Crippen molar-refractivity contribution in [1.82, 2.24) is 0 Å². The molecule has 0 spiro atoms. The van der Waals surface area contributed by atoms with Gasteiger partial charge in [0.05, 0.1) is 15.0 Å². The Bertz CT molecular complexity index is 1200. The van der Waals surface area contributed by atoms with E-state index in [2.05, 4.69) is 5.32 Å². The van der Waals surface area contributed by atoms with Crippen LogP contribution in [0.1, 0.15) is 11.1 Å². The SMILES string of the molecule is N#C/C(=C/c1cc(Cl)c(OCc2ccc([N+](=O)[O-])cc2)c(Cl)c1)C(=O)Nc1ccccc1. The number of ether oxygens (including phenoxy) is 1. The third kappa shape index (κ3) is 5.85. The van der Waals surface area contributed by atoms with Crippen LogP contribution in [0.3, 0.4) is 0 Å². The molecule has 0 bridgehead atoms. The summed E-state index contributed by atoms with van der Waals surface area (Å²) in [5, 5.41) is 23.1. The Morgan fingerprint density at radius 1 is 1.09 bits per heavy atom. The molecule has 3 rings (SSSR count). The minimum atomic E-state index is -0.565. The Morgan fingerprint density at radius 2 is 1.72 bits per heavy atom. The summed E-state index contributed by atoms with van der Waals surface area (Å²) >= 11 is 12.6. The van der Waals surface area contributed by atoms with Gasteiger partial charge in [-0.2, -0.15) is 5.26 Å². The fraction of sp³-hybridized carbons (Fsp3) is 0.0435. The van der Waals surface area contributed by atoms with E-state index in [9.17, 15) is 20.2 Å². The van der Waals surface area contributed by atoms with Crippen LogP contribution < -0.4 is 10.1 Å². The highest BCUT2D eigenvalue weighted by atomic mass is 35.5. The summed E-state index contributed by atoms with van der Waals surface area (Å²) in [5.74, 6) is -0.347. The number of nitro groups is 1. The summed E-state index contributed by atoms with van der Waals surface area (Å²) in [7, 11) is 0. The number of nitrogens with one attached hydrogen (secondary N) is 1.